The van der Waals surface area contributed by atoms with Crippen LogP contribution in [0.4, 0.5) is 25.1 Å². The van der Waals surface area contributed by atoms with Gasteiger partial charge >= 0.3 is 6.18 Å². The molecule has 0 fully saturated rings. The molecule has 0 bridgehead atoms. The second-order valence-corrected chi connectivity index (χ2v) is 4.70. The molecular weight excluding hydrogens is 297 g/mol. The van der Waals surface area contributed by atoms with Crippen LogP contribution >= 0.6 is 0 Å². The molecule has 0 amide bonds. The Kier molecular flexibility index (Phi) is 4.43. The van der Waals surface area contributed by atoms with Crippen LogP contribution in [0, 0.1) is 0 Å². The lowest BCUT2D eigenvalue weighted by molar-refractivity contribution is -0.141. The summed E-state index contributed by atoms with van der Waals surface area (Å²) < 4.78 is 38.1. The second-order valence-electron chi connectivity index (χ2n) is 4.70. The average Bonchev–Trinajstić information content (AvgIpc) is 2.45. The number of hydrogen-bond donors (Lipinski definition) is 2. The van der Waals surface area contributed by atoms with Crippen molar-refractivity contribution in [3.63, 3.8) is 0 Å². The van der Waals surface area contributed by atoms with E-state index in [1.807, 2.05) is 13.8 Å². The van der Waals surface area contributed by atoms with Gasteiger partial charge in [-0.25, -0.2) is 4.98 Å². The predicted molar refractivity (Wildman–Crippen MR) is 75.8 cm³/mol. The standard InChI is InChI=1S/C13H15F3N6/c1-3-7(2)18-12-21-10(20-11(17)22-12)8-5-4-6-9(19-8)13(14,15)16/h4-7H,3H2,1-2H3,(H3,17,18,20,21,22). The van der Waals surface area contributed by atoms with E-state index in [0.29, 0.717) is 0 Å². The molecule has 0 aromatic carbocycles. The van der Waals surface area contributed by atoms with E-state index in [9.17, 15) is 13.2 Å². The molecule has 0 aliphatic heterocycles. The molecule has 2 aromatic heterocycles. The maximum Gasteiger partial charge on any atom is 0.433 e. The molecule has 0 aliphatic carbocycles. The number of nitrogens with zero attached hydrogens (tertiary/aromatic N) is 4. The maximum absolute atomic E-state index is 12.7. The quantitative estimate of drug-likeness (QED) is 0.902. The second kappa shape index (κ2) is 6.12. The summed E-state index contributed by atoms with van der Waals surface area (Å²) in [5, 5.41) is 3.00. The zero-order valence-corrected chi connectivity index (χ0v) is 12.0. The highest BCUT2D eigenvalue weighted by molar-refractivity contribution is 5.53. The zero-order chi connectivity index (χ0) is 16.3. The highest BCUT2D eigenvalue weighted by Gasteiger charge is 2.32. The van der Waals surface area contributed by atoms with Crippen LogP contribution in [0.2, 0.25) is 0 Å². The smallest absolute Gasteiger partial charge is 0.368 e. The fraction of sp³-hybridized carbons (Fsp3) is 0.385. The highest BCUT2D eigenvalue weighted by Crippen LogP contribution is 2.28. The van der Waals surface area contributed by atoms with Crippen LogP contribution in [0.3, 0.4) is 0 Å². The molecule has 118 valence electrons. The third kappa shape index (κ3) is 3.80. The number of alkyl halides is 3. The summed E-state index contributed by atoms with van der Waals surface area (Å²) >= 11 is 0. The summed E-state index contributed by atoms with van der Waals surface area (Å²) in [7, 11) is 0. The lowest BCUT2D eigenvalue weighted by atomic mass is 10.2. The Hall–Kier alpha value is -2.45. The Morgan fingerprint density at radius 2 is 1.91 bits per heavy atom. The van der Waals surface area contributed by atoms with Crippen LogP contribution in [0.5, 0.6) is 0 Å². The lowest BCUT2D eigenvalue weighted by Crippen LogP contribution is -2.17. The van der Waals surface area contributed by atoms with Crippen molar-refractivity contribution >= 4 is 11.9 Å². The molecule has 0 aliphatic rings. The number of nitrogens with two attached hydrogens (primary N) is 1. The van der Waals surface area contributed by atoms with Gasteiger partial charge in [-0.15, -0.1) is 0 Å². The Bertz CT molecular complexity index is 658. The van der Waals surface area contributed by atoms with Gasteiger partial charge < -0.3 is 11.1 Å². The molecule has 1 unspecified atom stereocenters. The molecule has 1 atom stereocenters. The third-order valence-corrected chi connectivity index (χ3v) is 2.91. The molecular formula is C13H15F3N6. The van der Waals surface area contributed by atoms with Crippen LogP contribution in [-0.4, -0.2) is 26.0 Å². The molecule has 0 spiro atoms. The Morgan fingerprint density at radius 3 is 2.55 bits per heavy atom. The molecule has 2 rings (SSSR count). The number of anilines is 2. The van der Waals surface area contributed by atoms with Crippen LogP contribution in [0.15, 0.2) is 18.2 Å². The van der Waals surface area contributed by atoms with E-state index in [1.165, 1.54) is 12.1 Å². The van der Waals surface area contributed by atoms with E-state index in [4.69, 9.17) is 5.73 Å². The van der Waals surface area contributed by atoms with Crippen LogP contribution in [-0.2, 0) is 6.18 Å². The zero-order valence-electron chi connectivity index (χ0n) is 12.0. The lowest BCUT2D eigenvalue weighted by Gasteiger charge is -2.12. The van der Waals surface area contributed by atoms with Gasteiger partial charge in [-0.2, -0.15) is 28.1 Å². The SMILES string of the molecule is CCC(C)Nc1nc(N)nc(-c2cccc(C(F)(F)F)n2)n1. The normalized spacial score (nSPS) is 13.0. The molecule has 9 heteroatoms. The van der Waals surface area contributed by atoms with Crippen molar-refractivity contribution in [2.45, 2.75) is 32.5 Å². The van der Waals surface area contributed by atoms with Crippen molar-refractivity contribution in [1.29, 1.82) is 0 Å². The molecule has 0 saturated heterocycles. The topological polar surface area (TPSA) is 89.6 Å². The molecule has 22 heavy (non-hydrogen) atoms. The first-order chi connectivity index (χ1) is 10.3. The number of aromatic nitrogens is 4. The predicted octanol–water partition coefficient (Wildman–Crippen LogP) is 2.75. The fourth-order valence-electron chi connectivity index (χ4n) is 1.61. The number of halogens is 3. The van der Waals surface area contributed by atoms with Gasteiger partial charge in [0.25, 0.3) is 0 Å². The van der Waals surface area contributed by atoms with Crippen molar-refractivity contribution in [3.8, 4) is 11.5 Å². The molecule has 2 aromatic rings. The minimum absolute atomic E-state index is 0.00981. The third-order valence-electron chi connectivity index (χ3n) is 2.91. The minimum atomic E-state index is -4.54. The van der Waals surface area contributed by atoms with E-state index >= 15 is 0 Å². The summed E-state index contributed by atoms with van der Waals surface area (Å²) in [6.07, 6.45) is -3.71. The van der Waals surface area contributed by atoms with Crippen molar-refractivity contribution < 1.29 is 13.2 Å². The largest absolute Gasteiger partial charge is 0.433 e. The first kappa shape index (κ1) is 15.9. The van der Waals surface area contributed by atoms with E-state index in [1.54, 1.807) is 0 Å². The van der Waals surface area contributed by atoms with Crippen molar-refractivity contribution in [1.82, 2.24) is 19.9 Å². The first-order valence-corrected chi connectivity index (χ1v) is 6.62. The number of hydrogen-bond acceptors (Lipinski definition) is 6. The molecule has 6 nitrogen and oxygen atoms in total. The van der Waals surface area contributed by atoms with Crippen molar-refractivity contribution in [3.05, 3.63) is 23.9 Å². The number of nitrogen functional groups attached to an aromatic ring is 1. The van der Waals surface area contributed by atoms with Gasteiger partial charge in [-0.3, -0.25) is 0 Å². The van der Waals surface area contributed by atoms with Gasteiger partial charge in [0, 0.05) is 6.04 Å². The Labute approximate surface area is 125 Å². The summed E-state index contributed by atoms with van der Waals surface area (Å²) in [5.74, 6) is 0.107. The van der Waals surface area contributed by atoms with Gasteiger partial charge in [0.1, 0.15) is 11.4 Å². The first-order valence-electron chi connectivity index (χ1n) is 6.62. The monoisotopic (exact) mass is 312 g/mol. The van der Waals surface area contributed by atoms with E-state index in [0.717, 1.165) is 12.5 Å². The van der Waals surface area contributed by atoms with E-state index < -0.39 is 11.9 Å². The average molecular weight is 312 g/mol. The molecule has 2 heterocycles. The van der Waals surface area contributed by atoms with Gasteiger partial charge in [-0.05, 0) is 25.5 Å². The molecule has 3 N–H and O–H groups in total. The highest BCUT2D eigenvalue weighted by atomic mass is 19.4. The summed E-state index contributed by atoms with van der Waals surface area (Å²) in [4.78, 5) is 15.4. The maximum atomic E-state index is 12.7. The van der Waals surface area contributed by atoms with Gasteiger partial charge in [0.15, 0.2) is 5.82 Å². The minimum Gasteiger partial charge on any atom is -0.368 e. The van der Waals surface area contributed by atoms with Crippen molar-refractivity contribution in [2.24, 2.45) is 0 Å². The molecule has 0 radical (unpaired) electrons. The Balaban J connectivity index is 2.40. The number of rotatable bonds is 4. The van der Waals surface area contributed by atoms with Crippen LogP contribution in [0.1, 0.15) is 26.0 Å². The van der Waals surface area contributed by atoms with Gasteiger partial charge in [0.2, 0.25) is 11.9 Å². The van der Waals surface area contributed by atoms with Crippen LogP contribution < -0.4 is 11.1 Å². The summed E-state index contributed by atoms with van der Waals surface area (Å²) in [6, 6.07) is 3.60. The van der Waals surface area contributed by atoms with E-state index in [-0.39, 0.29) is 29.5 Å². The number of pyridine rings is 1. The fourth-order valence-corrected chi connectivity index (χ4v) is 1.61. The van der Waals surface area contributed by atoms with Crippen molar-refractivity contribution in [2.75, 3.05) is 11.1 Å². The molecule has 0 saturated carbocycles. The van der Waals surface area contributed by atoms with E-state index in [2.05, 4.69) is 25.3 Å². The van der Waals surface area contributed by atoms with Gasteiger partial charge in [-0.1, -0.05) is 13.0 Å². The summed E-state index contributed by atoms with van der Waals surface area (Å²) in [6.45, 7) is 3.89. The number of nitrogens with one attached hydrogen (secondary N) is 1. The Morgan fingerprint density at radius 1 is 1.18 bits per heavy atom. The van der Waals surface area contributed by atoms with Crippen LogP contribution in [0.25, 0.3) is 11.5 Å². The summed E-state index contributed by atoms with van der Waals surface area (Å²) in [5.41, 5.74) is 4.55. The van der Waals surface area contributed by atoms with Gasteiger partial charge in [0.05, 0.1) is 0 Å².